The second-order valence-electron chi connectivity index (χ2n) is 4.47. The van der Waals surface area contributed by atoms with Gasteiger partial charge in [0.2, 0.25) is 0 Å². The fourth-order valence-electron chi connectivity index (χ4n) is 1.34. The number of hydrogen-bond acceptors (Lipinski definition) is 3. The van der Waals surface area contributed by atoms with Gasteiger partial charge < -0.3 is 14.3 Å². The number of hydrogen-bond donors (Lipinski definition) is 1. The van der Waals surface area contributed by atoms with Gasteiger partial charge in [-0.15, -0.1) is 0 Å². The molecule has 0 aliphatic carbocycles. The Hall–Kier alpha value is -0.870. The van der Waals surface area contributed by atoms with E-state index >= 15 is 0 Å². The van der Waals surface area contributed by atoms with Gasteiger partial charge in [0.05, 0.1) is 20.1 Å². The largest absolute Gasteiger partial charge is 0.459 e. The van der Waals surface area contributed by atoms with Crippen LogP contribution < -0.4 is 0 Å². The van der Waals surface area contributed by atoms with E-state index < -0.39 is 12.1 Å². The highest BCUT2D eigenvalue weighted by Crippen LogP contribution is 2.04. The number of likely N-dealkylation sites (N-methyl/N-ethyl adjacent to an activating group) is 1. The average Bonchev–Trinajstić information content (AvgIpc) is 2.25. The predicted octanol–water partition coefficient (Wildman–Crippen LogP) is 0.953. The molecule has 0 spiro atoms. The normalized spacial score (nSPS) is 13.3. The minimum atomic E-state index is -0.617. The Morgan fingerprint density at radius 2 is 1.94 bits per heavy atom. The molecule has 1 N–H and O–H groups in total. The number of ether oxygens (including phenoxy) is 1. The summed E-state index contributed by atoms with van der Waals surface area (Å²) in [7, 11) is 2.07. The molecule has 0 saturated heterocycles. The maximum absolute atomic E-state index is 11.1. The number of carbonyl (C=O) groups excluding carboxylic acids is 1. The Balaban J connectivity index is 4.04. The zero-order valence-corrected chi connectivity index (χ0v) is 10.8. The van der Waals surface area contributed by atoms with Crippen LogP contribution in [0.1, 0.15) is 20.8 Å². The summed E-state index contributed by atoms with van der Waals surface area (Å²) in [6.07, 6.45) is -0.617. The molecule has 0 amide bonds. The topological polar surface area (TPSA) is 46.5 Å². The summed E-state index contributed by atoms with van der Waals surface area (Å²) < 4.78 is 5.67. The van der Waals surface area contributed by atoms with Crippen molar-refractivity contribution in [2.24, 2.45) is 0 Å². The van der Waals surface area contributed by atoms with Gasteiger partial charge >= 0.3 is 5.97 Å². The molecule has 0 radical (unpaired) electrons. The van der Waals surface area contributed by atoms with Gasteiger partial charge in [0.1, 0.15) is 19.3 Å². The van der Waals surface area contributed by atoms with Gasteiger partial charge in [-0.05, 0) is 20.8 Å². The highest BCUT2D eigenvalue weighted by Gasteiger charge is 2.22. The maximum atomic E-state index is 11.1. The molecule has 0 aromatic rings. The second kappa shape index (κ2) is 6.66. The lowest BCUT2D eigenvalue weighted by Crippen LogP contribution is -2.49. The lowest BCUT2D eigenvalue weighted by molar-refractivity contribution is -0.909. The Bertz CT molecular complexity index is 247. The molecule has 0 aromatic heterocycles. The third-order valence-corrected chi connectivity index (χ3v) is 2.93. The van der Waals surface area contributed by atoms with Crippen molar-refractivity contribution in [3.63, 3.8) is 0 Å². The lowest BCUT2D eigenvalue weighted by Gasteiger charge is -2.33. The number of esters is 1. The summed E-state index contributed by atoms with van der Waals surface area (Å²) >= 11 is 0. The van der Waals surface area contributed by atoms with Crippen molar-refractivity contribution < 1.29 is 19.1 Å². The Morgan fingerprint density at radius 1 is 1.44 bits per heavy atom. The van der Waals surface area contributed by atoms with E-state index in [0.717, 1.165) is 17.6 Å². The maximum Gasteiger partial charge on any atom is 0.333 e. The summed E-state index contributed by atoms with van der Waals surface area (Å²) in [4.78, 5) is 11.1. The lowest BCUT2D eigenvalue weighted by atomic mass is 10.3. The SMILES string of the molecule is C=C(C)C(=O)OCC(O)C[N+](C)(CC)CC. The van der Waals surface area contributed by atoms with Gasteiger partial charge in [0.15, 0.2) is 0 Å². The predicted molar refractivity (Wildman–Crippen MR) is 63.9 cm³/mol. The molecule has 4 heteroatoms. The van der Waals surface area contributed by atoms with Gasteiger partial charge in [-0.25, -0.2) is 4.79 Å². The van der Waals surface area contributed by atoms with Crippen LogP contribution in [-0.4, -0.2) is 55.0 Å². The summed E-state index contributed by atoms with van der Waals surface area (Å²) in [6, 6.07) is 0. The highest BCUT2D eigenvalue weighted by atomic mass is 16.5. The van der Waals surface area contributed by atoms with Crippen molar-refractivity contribution in [1.82, 2.24) is 0 Å². The smallest absolute Gasteiger partial charge is 0.333 e. The van der Waals surface area contributed by atoms with Crippen LogP contribution in [0.3, 0.4) is 0 Å². The van der Waals surface area contributed by atoms with Gasteiger partial charge in [-0.1, -0.05) is 6.58 Å². The molecule has 0 aliphatic rings. The van der Waals surface area contributed by atoms with Gasteiger partial charge in [0.25, 0.3) is 0 Å². The quantitative estimate of drug-likeness (QED) is 0.402. The monoisotopic (exact) mass is 230 g/mol. The molecule has 16 heavy (non-hydrogen) atoms. The molecule has 0 aliphatic heterocycles. The number of nitrogens with zero attached hydrogens (tertiary/aromatic N) is 1. The van der Waals surface area contributed by atoms with Crippen molar-refractivity contribution in [2.75, 3.05) is 33.3 Å². The molecule has 94 valence electrons. The highest BCUT2D eigenvalue weighted by molar-refractivity contribution is 5.86. The molecule has 4 nitrogen and oxygen atoms in total. The third-order valence-electron chi connectivity index (χ3n) is 2.93. The zero-order chi connectivity index (χ0) is 12.8. The Labute approximate surface area is 98.1 Å². The van der Waals surface area contributed by atoms with Crippen molar-refractivity contribution in [3.05, 3.63) is 12.2 Å². The van der Waals surface area contributed by atoms with E-state index in [1.54, 1.807) is 6.92 Å². The number of carbonyl (C=O) groups is 1. The fraction of sp³-hybridized carbons (Fsp3) is 0.750. The first-order valence-electron chi connectivity index (χ1n) is 5.69. The number of aliphatic hydroxyl groups is 1. The number of rotatable bonds is 7. The van der Waals surface area contributed by atoms with E-state index in [1.807, 2.05) is 0 Å². The van der Waals surface area contributed by atoms with Crippen molar-refractivity contribution in [2.45, 2.75) is 26.9 Å². The van der Waals surface area contributed by atoms with Crippen molar-refractivity contribution in [3.8, 4) is 0 Å². The van der Waals surface area contributed by atoms with Crippen LogP contribution in [0.4, 0.5) is 0 Å². The molecular weight excluding hydrogens is 206 g/mol. The van der Waals surface area contributed by atoms with Crippen molar-refractivity contribution >= 4 is 5.97 Å². The first-order chi connectivity index (χ1) is 7.34. The van der Waals surface area contributed by atoms with Crippen LogP contribution in [0, 0.1) is 0 Å². The second-order valence-corrected chi connectivity index (χ2v) is 4.47. The van der Waals surface area contributed by atoms with Gasteiger partial charge in [-0.2, -0.15) is 0 Å². The molecule has 0 heterocycles. The minimum absolute atomic E-state index is 0.0412. The molecule has 1 unspecified atom stereocenters. The van der Waals surface area contributed by atoms with Crippen LogP contribution in [0.25, 0.3) is 0 Å². The fourth-order valence-corrected chi connectivity index (χ4v) is 1.34. The molecule has 0 rings (SSSR count). The van der Waals surface area contributed by atoms with Crippen LogP contribution in [0.15, 0.2) is 12.2 Å². The van der Waals surface area contributed by atoms with E-state index in [-0.39, 0.29) is 6.61 Å². The van der Waals surface area contributed by atoms with Crippen molar-refractivity contribution in [1.29, 1.82) is 0 Å². The summed E-state index contributed by atoms with van der Waals surface area (Å²) in [5.41, 5.74) is 0.357. The molecular formula is C12H24NO3+. The number of aliphatic hydroxyl groups excluding tert-OH is 1. The van der Waals surface area contributed by atoms with E-state index in [0.29, 0.717) is 12.1 Å². The van der Waals surface area contributed by atoms with Crippen LogP contribution in [0.5, 0.6) is 0 Å². The summed E-state index contributed by atoms with van der Waals surface area (Å²) in [5.74, 6) is -0.443. The minimum Gasteiger partial charge on any atom is -0.459 e. The zero-order valence-electron chi connectivity index (χ0n) is 10.8. The molecule has 0 bridgehead atoms. The molecule has 0 aromatic carbocycles. The van der Waals surface area contributed by atoms with E-state index in [4.69, 9.17) is 4.74 Å². The summed E-state index contributed by atoms with van der Waals surface area (Å²) in [5, 5.41) is 9.76. The van der Waals surface area contributed by atoms with Crippen LogP contribution in [0.2, 0.25) is 0 Å². The molecule has 0 saturated carbocycles. The first-order valence-corrected chi connectivity index (χ1v) is 5.69. The molecule has 1 atom stereocenters. The van der Waals surface area contributed by atoms with Gasteiger partial charge in [-0.3, -0.25) is 0 Å². The first kappa shape index (κ1) is 15.1. The third kappa shape index (κ3) is 5.28. The van der Waals surface area contributed by atoms with E-state index in [1.165, 1.54) is 0 Å². The van der Waals surface area contributed by atoms with Crippen LogP contribution in [-0.2, 0) is 9.53 Å². The summed E-state index contributed by atoms with van der Waals surface area (Å²) in [6.45, 7) is 11.8. The molecule has 0 fully saturated rings. The standard InChI is InChI=1S/C12H24NO3/c1-6-13(5,7-2)8-11(14)9-16-12(15)10(3)4/h11,14H,3,6-9H2,1-2,4-5H3/q+1. The van der Waals surface area contributed by atoms with Gasteiger partial charge in [0, 0.05) is 5.57 Å². The van der Waals surface area contributed by atoms with E-state index in [2.05, 4.69) is 27.5 Å². The number of quaternary nitrogens is 1. The Kier molecular flexibility index (Phi) is 6.29. The van der Waals surface area contributed by atoms with Crippen LogP contribution >= 0.6 is 0 Å². The van der Waals surface area contributed by atoms with E-state index in [9.17, 15) is 9.90 Å². The Morgan fingerprint density at radius 3 is 2.31 bits per heavy atom. The average molecular weight is 230 g/mol.